The Hall–Kier alpha value is -2.83. The molecule has 0 unspecified atom stereocenters. The van der Waals surface area contributed by atoms with E-state index in [2.05, 4.69) is 6.92 Å². The summed E-state index contributed by atoms with van der Waals surface area (Å²) in [5, 5.41) is 0. The first-order valence-electron chi connectivity index (χ1n) is 11.9. The Labute approximate surface area is 196 Å². The molecular weight excluding hydrogens is 422 g/mol. The van der Waals surface area contributed by atoms with Gasteiger partial charge in [0.2, 0.25) is 5.91 Å². The van der Waals surface area contributed by atoms with Crippen LogP contribution < -0.4 is 4.74 Å². The highest BCUT2D eigenvalue weighted by Gasteiger charge is 2.56. The molecule has 1 saturated heterocycles. The third-order valence-electron chi connectivity index (χ3n) is 6.61. The normalized spacial score (nSPS) is 26.5. The molecule has 0 bridgehead atoms. The van der Waals surface area contributed by atoms with Gasteiger partial charge < -0.3 is 19.1 Å². The van der Waals surface area contributed by atoms with Gasteiger partial charge in [-0.25, -0.2) is 0 Å². The van der Waals surface area contributed by atoms with Gasteiger partial charge in [-0.1, -0.05) is 37.6 Å². The predicted octanol–water partition coefficient (Wildman–Crippen LogP) is 3.93. The minimum absolute atomic E-state index is 0.0118. The number of allylic oxidation sites excluding steroid dienone is 2. The molecule has 0 aromatic heterocycles. The first-order valence-corrected chi connectivity index (χ1v) is 11.9. The van der Waals surface area contributed by atoms with Crippen LogP contribution >= 0.6 is 0 Å². The number of hydrogen-bond acceptors (Lipinski definition) is 6. The largest absolute Gasteiger partial charge is 0.497 e. The Bertz CT molecular complexity index is 864. The Morgan fingerprint density at radius 1 is 1.03 bits per heavy atom. The fourth-order valence-electron chi connectivity index (χ4n) is 5.03. The number of nitrogens with zero attached hydrogens (tertiary/aromatic N) is 1. The van der Waals surface area contributed by atoms with Crippen LogP contribution in [0.5, 0.6) is 5.75 Å². The molecule has 0 N–H and O–H groups in total. The van der Waals surface area contributed by atoms with E-state index in [-0.39, 0.29) is 25.2 Å². The highest BCUT2D eigenvalue weighted by atomic mass is 16.5. The van der Waals surface area contributed by atoms with E-state index < -0.39 is 35.6 Å². The lowest BCUT2D eigenvalue weighted by molar-refractivity contribution is -0.172. The van der Waals surface area contributed by atoms with Crippen LogP contribution in [0, 0.1) is 23.7 Å². The molecule has 5 atom stereocenters. The standard InChI is InChI=1S/C26H35NO6/c1-5-8-16-27-23(17-12-14-18(31-4)15-13-17)22(24(27)28)19-10-9-11-20(25(29)32-6-2)21(19)26(30)33-7-3/h9-10,12-15,19-23H,5-8,11,16H2,1-4H3/t19-,20-,21-,22+,23-/m0/s1. The third kappa shape index (κ3) is 5.07. The molecule has 3 rings (SSSR count). The van der Waals surface area contributed by atoms with Crippen molar-refractivity contribution in [3.63, 3.8) is 0 Å². The number of unbranched alkanes of at least 4 members (excludes halogenated alkanes) is 1. The molecule has 1 aromatic carbocycles. The maximum absolute atomic E-state index is 13.4. The summed E-state index contributed by atoms with van der Waals surface area (Å²) in [6, 6.07) is 7.53. The van der Waals surface area contributed by atoms with Crippen LogP contribution in [0.4, 0.5) is 0 Å². The Morgan fingerprint density at radius 3 is 2.30 bits per heavy atom. The molecule has 0 spiro atoms. The highest BCUT2D eigenvalue weighted by Crippen LogP contribution is 2.50. The van der Waals surface area contributed by atoms with Crippen molar-refractivity contribution in [3.8, 4) is 5.75 Å². The number of likely N-dealkylation sites (tertiary alicyclic amines) is 1. The van der Waals surface area contributed by atoms with Crippen molar-refractivity contribution in [2.24, 2.45) is 23.7 Å². The van der Waals surface area contributed by atoms with Gasteiger partial charge in [0.05, 0.1) is 44.1 Å². The zero-order valence-corrected chi connectivity index (χ0v) is 20.0. The molecule has 1 aromatic rings. The minimum atomic E-state index is -0.753. The molecule has 1 aliphatic heterocycles. The average Bonchev–Trinajstić information content (AvgIpc) is 2.82. The van der Waals surface area contributed by atoms with Crippen molar-refractivity contribution in [2.75, 3.05) is 26.9 Å². The molecule has 7 nitrogen and oxygen atoms in total. The van der Waals surface area contributed by atoms with Gasteiger partial charge in [-0.05, 0) is 44.4 Å². The van der Waals surface area contributed by atoms with Gasteiger partial charge in [-0.3, -0.25) is 14.4 Å². The van der Waals surface area contributed by atoms with Crippen molar-refractivity contribution in [3.05, 3.63) is 42.0 Å². The molecule has 0 radical (unpaired) electrons. The average molecular weight is 458 g/mol. The van der Waals surface area contributed by atoms with Gasteiger partial charge in [-0.15, -0.1) is 0 Å². The van der Waals surface area contributed by atoms with E-state index in [0.29, 0.717) is 13.0 Å². The monoisotopic (exact) mass is 457 g/mol. The van der Waals surface area contributed by atoms with E-state index >= 15 is 0 Å². The number of carbonyl (C=O) groups is 3. The lowest BCUT2D eigenvalue weighted by Gasteiger charge is -2.52. The predicted molar refractivity (Wildman–Crippen MR) is 123 cm³/mol. The van der Waals surface area contributed by atoms with Crippen molar-refractivity contribution in [2.45, 2.75) is 46.1 Å². The molecular formula is C26H35NO6. The number of benzene rings is 1. The van der Waals surface area contributed by atoms with Crippen LogP contribution in [0.15, 0.2) is 36.4 Å². The second-order valence-corrected chi connectivity index (χ2v) is 8.51. The molecule has 180 valence electrons. The van der Waals surface area contributed by atoms with Crippen LogP contribution in [0.2, 0.25) is 0 Å². The molecule has 1 heterocycles. The molecule has 1 amide bonds. The highest BCUT2D eigenvalue weighted by molar-refractivity contribution is 5.89. The number of carbonyl (C=O) groups excluding carboxylic acids is 3. The lowest BCUT2D eigenvalue weighted by Crippen LogP contribution is -2.60. The number of hydrogen-bond donors (Lipinski definition) is 0. The topological polar surface area (TPSA) is 82.1 Å². The van der Waals surface area contributed by atoms with Crippen LogP contribution in [-0.2, 0) is 23.9 Å². The number of methoxy groups -OCH3 is 1. The lowest BCUT2D eigenvalue weighted by atomic mass is 9.64. The van der Waals surface area contributed by atoms with Crippen LogP contribution in [0.25, 0.3) is 0 Å². The second-order valence-electron chi connectivity index (χ2n) is 8.51. The maximum atomic E-state index is 13.4. The van der Waals surface area contributed by atoms with Crippen LogP contribution in [-0.4, -0.2) is 49.6 Å². The van der Waals surface area contributed by atoms with E-state index in [4.69, 9.17) is 14.2 Å². The van der Waals surface area contributed by atoms with E-state index in [1.807, 2.05) is 41.3 Å². The third-order valence-corrected chi connectivity index (χ3v) is 6.61. The van der Waals surface area contributed by atoms with Crippen molar-refractivity contribution >= 4 is 17.8 Å². The zero-order valence-electron chi connectivity index (χ0n) is 20.0. The van der Waals surface area contributed by atoms with E-state index in [1.54, 1.807) is 21.0 Å². The van der Waals surface area contributed by atoms with Gasteiger partial charge in [0.25, 0.3) is 0 Å². The number of ether oxygens (including phenoxy) is 3. The van der Waals surface area contributed by atoms with Crippen molar-refractivity contribution < 1.29 is 28.6 Å². The SMILES string of the molecule is CCCCN1C(=O)[C@H]([C@H]2C=CC[C@H](C(=O)OCC)[C@H]2C(=O)OCC)[C@@H]1c1ccc(OC)cc1. The summed E-state index contributed by atoms with van der Waals surface area (Å²) in [6.45, 7) is 6.69. The maximum Gasteiger partial charge on any atom is 0.310 e. The summed E-state index contributed by atoms with van der Waals surface area (Å²) in [5.74, 6) is -2.41. The summed E-state index contributed by atoms with van der Waals surface area (Å²) in [6.07, 6.45) is 6.09. The first kappa shape index (κ1) is 24.8. The van der Waals surface area contributed by atoms with E-state index in [1.165, 1.54) is 0 Å². The summed E-state index contributed by atoms with van der Waals surface area (Å²) < 4.78 is 15.9. The zero-order chi connectivity index (χ0) is 24.0. The molecule has 33 heavy (non-hydrogen) atoms. The van der Waals surface area contributed by atoms with E-state index in [0.717, 1.165) is 24.2 Å². The van der Waals surface area contributed by atoms with Gasteiger partial charge in [0.1, 0.15) is 5.75 Å². The first-order chi connectivity index (χ1) is 16.0. The van der Waals surface area contributed by atoms with E-state index in [9.17, 15) is 14.4 Å². The molecule has 2 aliphatic rings. The van der Waals surface area contributed by atoms with Crippen molar-refractivity contribution in [1.82, 2.24) is 4.90 Å². The number of β-lactam (4-membered cyclic amide) rings is 1. The summed E-state index contributed by atoms with van der Waals surface area (Å²) in [4.78, 5) is 41.1. The van der Waals surface area contributed by atoms with Crippen LogP contribution in [0.1, 0.15) is 51.6 Å². The number of esters is 2. The van der Waals surface area contributed by atoms with Crippen LogP contribution in [0.3, 0.4) is 0 Å². The minimum Gasteiger partial charge on any atom is -0.497 e. The number of rotatable bonds is 10. The molecule has 7 heteroatoms. The van der Waals surface area contributed by atoms with Gasteiger partial charge in [-0.2, -0.15) is 0 Å². The Kier molecular flexibility index (Phi) is 8.53. The van der Waals surface area contributed by atoms with Crippen molar-refractivity contribution in [1.29, 1.82) is 0 Å². The fraction of sp³-hybridized carbons (Fsp3) is 0.577. The molecule has 1 aliphatic carbocycles. The molecule has 1 fully saturated rings. The Balaban J connectivity index is 1.98. The Morgan fingerprint density at radius 2 is 1.70 bits per heavy atom. The smallest absolute Gasteiger partial charge is 0.310 e. The van der Waals surface area contributed by atoms with Gasteiger partial charge in [0, 0.05) is 12.5 Å². The van der Waals surface area contributed by atoms with Gasteiger partial charge in [0.15, 0.2) is 0 Å². The second kappa shape index (κ2) is 11.3. The summed E-state index contributed by atoms with van der Waals surface area (Å²) in [5.41, 5.74) is 0.991. The fourth-order valence-corrected chi connectivity index (χ4v) is 5.03. The summed E-state index contributed by atoms with van der Waals surface area (Å²) >= 11 is 0. The summed E-state index contributed by atoms with van der Waals surface area (Å²) in [7, 11) is 1.62. The number of amides is 1. The van der Waals surface area contributed by atoms with Gasteiger partial charge >= 0.3 is 11.9 Å². The molecule has 0 saturated carbocycles. The quantitative estimate of drug-likeness (QED) is 0.301.